The van der Waals surface area contributed by atoms with Crippen LogP contribution in [-0.2, 0) is 0 Å². The highest BCUT2D eigenvalue weighted by atomic mass is 19.1. The summed E-state index contributed by atoms with van der Waals surface area (Å²) in [5.41, 5.74) is 1.34. The van der Waals surface area contributed by atoms with Crippen LogP contribution in [0.25, 0.3) is 16.7 Å². The fourth-order valence-corrected chi connectivity index (χ4v) is 2.20. The van der Waals surface area contributed by atoms with Gasteiger partial charge in [0, 0.05) is 0 Å². The molecule has 0 saturated heterocycles. The summed E-state index contributed by atoms with van der Waals surface area (Å²) in [5.74, 6) is 0.324. The third kappa shape index (κ3) is 2.62. The number of aliphatic hydroxyl groups is 1. The normalized spacial score (nSPS) is 12.5. The molecule has 22 heavy (non-hydrogen) atoms. The van der Waals surface area contributed by atoms with Gasteiger partial charge < -0.3 is 10.4 Å². The number of benzene rings is 1. The van der Waals surface area contributed by atoms with Crippen LogP contribution in [0.2, 0.25) is 0 Å². The maximum Gasteiger partial charge on any atom is 0.168 e. The minimum Gasteiger partial charge on any atom is -0.394 e. The summed E-state index contributed by atoms with van der Waals surface area (Å²) >= 11 is 0. The Labute approximate surface area is 126 Å². The van der Waals surface area contributed by atoms with E-state index in [2.05, 4.69) is 20.4 Å². The number of nitrogens with one attached hydrogen (secondary N) is 1. The molecule has 1 atom stereocenters. The number of rotatable bonds is 5. The highest BCUT2D eigenvalue weighted by Crippen LogP contribution is 2.22. The van der Waals surface area contributed by atoms with Crippen LogP contribution >= 0.6 is 0 Å². The summed E-state index contributed by atoms with van der Waals surface area (Å²) in [4.78, 5) is 8.47. The highest BCUT2D eigenvalue weighted by Gasteiger charge is 2.13. The Morgan fingerprint density at radius 2 is 2.05 bits per heavy atom. The van der Waals surface area contributed by atoms with Crippen molar-refractivity contribution in [2.45, 2.75) is 19.4 Å². The number of hydrogen-bond donors (Lipinski definition) is 2. The van der Waals surface area contributed by atoms with E-state index < -0.39 is 0 Å². The molecule has 0 fully saturated rings. The molecule has 2 heterocycles. The van der Waals surface area contributed by atoms with Gasteiger partial charge in [-0.3, -0.25) is 0 Å². The molecule has 3 aromatic rings. The van der Waals surface area contributed by atoms with Gasteiger partial charge >= 0.3 is 0 Å². The molecule has 2 N–H and O–H groups in total. The highest BCUT2D eigenvalue weighted by molar-refractivity contribution is 5.87. The van der Waals surface area contributed by atoms with Crippen molar-refractivity contribution in [2.75, 3.05) is 11.9 Å². The largest absolute Gasteiger partial charge is 0.394 e. The summed E-state index contributed by atoms with van der Waals surface area (Å²) in [6.45, 7) is 2.00. The van der Waals surface area contributed by atoms with Gasteiger partial charge in [0.2, 0.25) is 0 Å². The van der Waals surface area contributed by atoms with E-state index in [1.807, 2.05) is 6.92 Å². The molecule has 0 aliphatic rings. The lowest BCUT2D eigenvalue weighted by Crippen LogP contribution is -2.23. The van der Waals surface area contributed by atoms with Gasteiger partial charge in [0.1, 0.15) is 18.0 Å². The van der Waals surface area contributed by atoms with E-state index in [1.165, 1.54) is 18.5 Å². The van der Waals surface area contributed by atoms with E-state index in [9.17, 15) is 9.50 Å². The Morgan fingerprint density at radius 1 is 1.27 bits per heavy atom. The first kappa shape index (κ1) is 14.4. The van der Waals surface area contributed by atoms with Crippen molar-refractivity contribution in [1.29, 1.82) is 0 Å². The smallest absolute Gasteiger partial charge is 0.168 e. The number of hydrogen-bond acceptors (Lipinski definition) is 5. The van der Waals surface area contributed by atoms with Gasteiger partial charge in [-0.2, -0.15) is 5.10 Å². The van der Waals surface area contributed by atoms with Crippen LogP contribution < -0.4 is 5.32 Å². The Hall–Kier alpha value is -2.54. The average molecular weight is 301 g/mol. The molecule has 0 bridgehead atoms. The lowest BCUT2D eigenvalue weighted by atomic mass is 10.2. The second-order valence-electron chi connectivity index (χ2n) is 4.92. The van der Waals surface area contributed by atoms with Gasteiger partial charge in [-0.05, 0) is 30.7 Å². The van der Waals surface area contributed by atoms with Crippen molar-refractivity contribution in [2.24, 2.45) is 0 Å². The van der Waals surface area contributed by atoms with Crippen molar-refractivity contribution in [3.05, 3.63) is 42.6 Å². The minimum absolute atomic E-state index is 0.0219. The molecule has 0 amide bonds. The van der Waals surface area contributed by atoms with Crippen LogP contribution in [0.15, 0.2) is 36.8 Å². The molecule has 0 unspecified atom stereocenters. The van der Waals surface area contributed by atoms with Gasteiger partial charge in [-0.1, -0.05) is 6.92 Å². The molecular formula is C15H16FN5O. The zero-order chi connectivity index (χ0) is 15.5. The lowest BCUT2D eigenvalue weighted by molar-refractivity contribution is 0.271. The van der Waals surface area contributed by atoms with E-state index in [4.69, 9.17) is 0 Å². The van der Waals surface area contributed by atoms with E-state index in [0.717, 1.165) is 17.5 Å². The van der Waals surface area contributed by atoms with Crippen LogP contribution in [0, 0.1) is 5.82 Å². The number of nitrogens with zero attached hydrogens (tertiary/aromatic N) is 4. The fraction of sp³-hybridized carbons (Fsp3) is 0.267. The van der Waals surface area contributed by atoms with Gasteiger partial charge in [0.15, 0.2) is 5.65 Å². The van der Waals surface area contributed by atoms with Crippen LogP contribution in [0.1, 0.15) is 13.3 Å². The van der Waals surface area contributed by atoms with Crippen molar-refractivity contribution in [1.82, 2.24) is 19.7 Å². The Balaban J connectivity index is 2.03. The first-order valence-electron chi connectivity index (χ1n) is 7.05. The monoisotopic (exact) mass is 301 g/mol. The number of fused-ring (bicyclic) bond motifs is 1. The molecule has 2 aromatic heterocycles. The molecule has 0 radical (unpaired) electrons. The van der Waals surface area contributed by atoms with E-state index in [0.29, 0.717) is 11.5 Å². The maximum absolute atomic E-state index is 13.0. The third-order valence-corrected chi connectivity index (χ3v) is 3.49. The zero-order valence-corrected chi connectivity index (χ0v) is 12.1. The van der Waals surface area contributed by atoms with Gasteiger partial charge in [0.05, 0.1) is 29.9 Å². The van der Waals surface area contributed by atoms with Crippen LogP contribution in [-0.4, -0.2) is 37.5 Å². The summed E-state index contributed by atoms with van der Waals surface area (Å²) in [5, 5.41) is 17.5. The summed E-state index contributed by atoms with van der Waals surface area (Å²) < 4.78 is 14.7. The summed E-state index contributed by atoms with van der Waals surface area (Å²) in [6.07, 6.45) is 3.87. The molecular weight excluding hydrogens is 285 g/mol. The van der Waals surface area contributed by atoms with Crippen molar-refractivity contribution < 1.29 is 9.50 Å². The summed E-state index contributed by atoms with van der Waals surface area (Å²) in [6, 6.07) is 5.95. The van der Waals surface area contributed by atoms with Crippen LogP contribution in [0.3, 0.4) is 0 Å². The number of aromatic nitrogens is 4. The molecule has 0 aliphatic heterocycles. The quantitative estimate of drug-likeness (QED) is 0.755. The second-order valence-corrected chi connectivity index (χ2v) is 4.92. The summed E-state index contributed by atoms with van der Waals surface area (Å²) in [7, 11) is 0. The Kier molecular flexibility index (Phi) is 3.97. The van der Waals surface area contributed by atoms with E-state index >= 15 is 0 Å². The maximum atomic E-state index is 13.0. The predicted octanol–water partition coefficient (Wildman–Crippen LogP) is 2.14. The molecule has 0 saturated carbocycles. The van der Waals surface area contributed by atoms with E-state index in [-0.39, 0.29) is 18.5 Å². The number of anilines is 1. The molecule has 6 nitrogen and oxygen atoms in total. The number of halogens is 1. The third-order valence-electron chi connectivity index (χ3n) is 3.49. The molecule has 7 heteroatoms. The topological polar surface area (TPSA) is 75.9 Å². The minimum atomic E-state index is -0.300. The SMILES string of the molecule is CC[C@@H](CO)Nc1ncnc2c1cnn2-c1ccc(F)cc1. The van der Waals surface area contributed by atoms with E-state index in [1.54, 1.807) is 23.0 Å². The Bertz CT molecular complexity index is 767. The van der Waals surface area contributed by atoms with Crippen LogP contribution in [0.5, 0.6) is 0 Å². The molecule has 0 aliphatic carbocycles. The van der Waals surface area contributed by atoms with Crippen molar-refractivity contribution >= 4 is 16.9 Å². The molecule has 0 spiro atoms. The van der Waals surface area contributed by atoms with Gasteiger partial charge in [-0.15, -0.1) is 0 Å². The first-order chi connectivity index (χ1) is 10.7. The predicted molar refractivity (Wildman–Crippen MR) is 81.4 cm³/mol. The second kappa shape index (κ2) is 6.07. The Morgan fingerprint density at radius 3 is 2.73 bits per heavy atom. The first-order valence-corrected chi connectivity index (χ1v) is 7.05. The van der Waals surface area contributed by atoms with Crippen molar-refractivity contribution in [3.63, 3.8) is 0 Å². The standard InChI is InChI=1S/C15H16FN5O/c1-2-11(8-22)20-14-13-7-19-21(15(13)18-9-17-14)12-5-3-10(16)4-6-12/h3-7,9,11,22H,2,8H2,1H3,(H,17,18,20)/t11-/m0/s1. The molecule has 3 rings (SSSR count). The molecule has 1 aromatic carbocycles. The van der Waals surface area contributed by atoms with Crippen molar-refractivity contribution in [3.8, 4) is 5.69 Å². The average Bonchev–Trinajstić information content (AvgIpc) is 2.98. The fourth-order valence-electron chi connectivity index (χ4n) is 2.20. The molecule has 114 valence electrons. The van der Waals surface area contributed by atoms with Gasteiger partial charge in [0.25, 0.3) is 0 Å². The van der Waals surface area contributed by atoms with Gasteiger partial charge in [-0.25, -0.2) is 19.0 Å². The number of aliphatic hydroxyl groups excluding tert-OH is 1. The van der Waals surface area contributed by atoms with Crippen LogP contribution in [0.4, 0.5) is 10.2 Å². The lowest BCUT2D eigenvalue weighted by Gasteiger charge is -2.14. The zero-order valence-electron chi connectivity index (χ0n) is 12.1.